The van der Waals surface area contributed by atoms with E-state index >= 15 is 0 Å². The molecular formula is C11H15N5O. The summed E-state index contributed by atoms with van der Waals surface area (Å²) in [5, 5.41) is 4.22. The van der Waals surface area contributed by atoms with E-state index in [2.05, 4.69) is 15.1 Å². The Bertz CT molecular complexity index is 460. The van der Waals surface area contributed by atoms with Crippen LogP contribution in [-0.2, 0) is 6.54 Å². The number of nitrogens with zero attached hydrogens (tertiary/aromatic N) is 4. The largest absolute Gasteiger partial charge is 0.493 e. The minimum absolute atomic E-state index is 0.365. The predicted octanol–water partition coefficient (Wildman–Crippen LogP) is 0.750. The van der Waals surface area contributed by atoms with Crippen molar-refractivity contribution in [2.45, 2.75) is 19.5 Å². The Balaban J connectivity index is 2.42. The van der Waals surface area contributed by atoms with E-state index in [4.69, 9.17) is 10.5 Å². The summed E-state index contributed by atoms with van der Waals surface area (Å²) in [6.07, 6.45) is 4.82. The van der Waals surface area contributed by atoms with Crippen LogP contribution in [0.3, 0.4) is 0 Å². The second kappa shape index (κ2) is 4.92. The van der Waals surface area contributed by atoms with Gasteiger partial charge >= 0.3 is 0 Å². The molecule has 0 saturated carbocycles. The SMILES string of the molecule is CCn1ncc(OC)c1C(N)c1ccncn1. The molecule has 0 radical (unpaired) electrons. The molecule has 2 aromatic heterocycles. The lowest BCUT2D eigenvalue weighted by atomic mass is 10.1. The van der Waals surface area contributed by atoms with Gasteiger partial charge in [0.05, 0.1) is 25.0 Å². The predicted molar refractivity (Wildman–Crippen MR) is 62.5 cm³/mol. The molecule has 0 amide bonds. The summed E-state index contributed by atoms with van der Waals surface area (Å²) in [5.74, 6) is 0.679. The van der Waals surface area contributed by atoms with Crippen LogP contribution in [0.1, 0.15) is 24.4 Å². The summed E-state index contributed by atoms with van der Waals surface area (Å²) in [7, 11) is 1.60. The van der Waals surface area contributed by atoms with Crippen LogP contribution in [0.4, 0.5) is 0 Å². The highest BCUT2D eigenvalue weighted by Gasteiger charge is 2.20. The Hall–Kier alpha value is -1.95. The van der Waals surface area contributed by atoms with Crippen LogP contribution in [0.15, 0.2) is 24.8 Å². The summed E-state index contributed by atoms with van der Waals surface area (Å²) in [4.78, 5) is 8.03. The number of aromatic nitrogens is 4. The molecule has 0 aliphatic heterocycles. The summed E-state index contributed by atoms with van der Waals surface area (Å²) < 4.78 is 7.07. The van der Waals surface area contributed by atoms with Crippen molar-refractivity contribution in [3.05, 3.63) is 36.2 Å². The van der Waals surface area contributed by atoms with E-state index in [1.165, 1.54) is 6.33 Å². The first-order valence-electron chi connectivity index (χ1n) is 5.39. The van der Waals surface area contributed by atoms with Gasteiger partial charge in [-0.2, -0.15) is 5.10 Å². The number of rotatable bonds is 4. The van der Waals surface area contributed by atoms with Crippen molar-refractivity contribution in [1.82, 2.24) is 19.7 Å². The fourth-order valence-electron chi connectivity index (χ4n) is 1.73. The maximum atomic E-state index is 6.18. The standard InChI is InChI=1S/C11H15N5O/c1-3-16-11(9(17-2)6-15-16)10(12)8-4-5-13-7-14-8/h4-7,10H,3,12H2,1-2H3. The molecule has 0 saturated heterocycles. The number of methoxy groups -OCH3 is 1. The van der Waals surface area contributed by atoms with Crippen LogP contribution in [0.25, 0.3) is 0 Å². The van der Waals surface area contributed by atoms with Crippen LogP contribution in [0, 0.1) is 0 Å². The molecule has 0 bridgehead atoms. The Morgan fingerprint density at radius 3 is 2.94 bits per heavy atom. The average molecular weight is 233 g/mol. The summed E-state index contributed by atoms with van der Waals surface area (Å²) in [5.41, 5.74) is 7.75. The lowest BCUT2D eigenvalue weighted by molar-refractivity contribution is 0.404. The highest BCUT2D eigenvalue weighted by Crippen LogP contribution is 2.26. The molecule has 1 unspecified atom stereocenters. The molecule has 90 valence electrons. The second-order valence-corrected chi connectivity index (χ2v) is 3.53. The zero-order valence-electron chi connectivity index (χ0n) is 9.87. The molecule has 0 aromatic carbocycles. The number of hydrogen-bond acceptors (Lipinski definition) is 5. The molecular weight excluding hydrogens is 218 g/mol. The zero-order chi connectivity index (χ0) is 12.3. The van der Waals surface area contributed by atoms with E-state index in [1.54, 1.807) is 25.6 Å². The van der Waals surface area contributed by atoms with Gasteiger partial charge in [-0.05, 0) is 13.0 Å². The van der Waals surface area contributed by atoms with Crippen molar-refractivity contribution in [3.63, 3.8) is 0 Å². The molecule has 1 atom stereocenters. The lowest BCUT2D eigenvalue weighted by Gasteiger charge is -2.14. The van der Waals surface area contributed by atoms with Crippen LogP contribution in [0.2, 0.25) is 0 Å². The fourth-order valence-corrected chi connectivity index (χ4v) is 1.73. The van der Waals surface area contributed by atoms with Crippen molar-refractivity contribution in [2.24, 2.45) is 5.73 Å². The number of ether oxygens (including phenoxy) is 1. The van der Waals surface area contributed by atoms with E-state index in [9.17, 15) is 0 Å². The van der Waals surface area contributed by atoms with E-state index in [0.717, 1.165) is 17.9 Å². The first-order chi connectivity index (χ1) is 8.27. The van der Waals surface area contributed by atoms with Gasteiger partial charge in [-0.1, -0.05) is 0 Å². The Morgan fingerprint density at radius 1 is 1.53 bits per heavy atom. The van der Waals surface area contributed by atoms with E-state index < -0.39 is 0 Å². The van der Waals surface area contributed by atoms with Crippen LogP contribution >= 0.6 is 0 Å². The third-order valence-corrected chi connectivity index (χ3v) is 2.58. The van der Waals surface area contributed by atoms with Crippen molar-refractivity contribution in [2.75, 3.05) is 7.11 Å². The lowest BCUT2D eigenvalue weighted by Crippen LogP contribution is -2.19. The van der Waals surface area contributed by atoms with Crippen molar-refractivity contribution in [1.29, 1.82) is 0 Å². The van der Waals surface area contributed by atoms with Gasteiger partial charge in [0.2, 0.25) is 0 Å². The van der Waals surface area contributed by atoms with Crippen LogP contribution in [-0.4, -0.2) is 26.9 Å². The number of nitrogens with two attached hydrogens (primary N) is 1. The van der Waals surface area contributed by atoms with Crippen molar-refractivity contribution in [3.8, 4) is 5.75 Å². The van der Waals surface area contributed by atoms with Gasteiger partial charge in [0.1, 0.15) is 12.0 Å². The molecule has 2 heterocycles. The normalized spacial score (nSPS) is 12.4. The zero-order valence-corrected chi connectivity index (χ0v) is 9.87. The summed E-state index contributed by atoms with van der Waals surface area (Å²) >= 11 is 0. The first-order valence-corrected chi connectivity index (χ1v) is 5.39. The monoisotopic (exact) mass is 233 g/mol. The molecule has 0 aliphatic rings. The fraction of sp³-hybridized carbons (Fsp3) is 0.364. The minimum Gasteiger partial charge on any atom is -0.493 e. The van der Waals surface area contributed by atoms with Gasteiger partial charge in [0.15, 0.2) is 5.75 Å². The number of aryl methyl sites for hydroxylation is 1. The van der Waals surface area contributed by atoms with Gasteiger partial charge in [-0.25, -0.2) is 9.97 Å². The third kappa shape index (κ3) is 2.12. The average Bonchev–Trinajstić information content (AvgIpc) is 2.81. The van der Waals surface area contributed by atoms with Gasteiger partial charge in [-0.15, -0.1) is 0 Å². The van der Waals surface area contributed by atoms with Crippen molar-refractivity contribution < 1.29 is 4.74 Å². The summed E-state index contributed by atoms with van der Waals surface area (Å²) in [6, 6.07) is 1.42. The van der Waals surface area contributed by atoms with Crippen LogP contribution in [0.5, 0.6) is 5.75 Å². The quantitative estimate of drug-likeness (QED) is 0.843. The van der Waals surface area contributed by atoms with Crippen LogP contribution < -0.4 is 10.5 Å². The van der Waals surface area contributed by atoms with E-state index in [0.29, 0.717) is 5.75 Å². The highest BCUT2D eigenvalue weighted by atomic mass is 16.5. The Morgan fingerprint density at radius 2 is 2.35 bits per heavy atom. The van der Waals surface area contributed by atoms with Gasteiger partial charge in [-0.3, -0.25) is 4.68 Å². The molecule has 6 nitrogen and oxygen atoms in total. The van der Waals surface area contributed by atoms with E-state index in [-0.39, 0.29) is 6.04 Å². The summed E-state index contributed by atoms with van der Waals surface area (Å²) in [6.45, 7) is 2.74. The topological polar surface area (TPSA) is 78.9 Å². The molecule has 0 fully saturated rings. The Labute approximate surface area is 99.4 Å². The maximum Gasteiger partial charge on any atom is 0.161 e. The third-order valence-electron chi connectivity index (χ3n) is 2.58. The van der Waals surface area contributed by atoms with Crippen molar-refractivity contribution >= 4 is 0 Å². The number of hydrogen-bond donors (Lipinski definition) is 1. The molecule has 0 spiro atoms. The smallest absolute Gasteiger partial charge is 0.161 e. The molecule has 0 aliphatic carbocycles. The molecule has 6 heteroatoms. The molecule has 2 N–H and O–H groups in total. The molecule has 2 aromatic rings. The second-order valence-electron chi connectivity index (χ2n) is 3.53. The molecule has 17 heavy (non-hydrogen) atoms. The van der Waals surface area contributed by atoms with Gasteiger partial charge in [0.25, 0.3) is 0 Å². The van der Waals surface area contributed by atoms with Gasteiger partial charge < -0.3 is 10.5 Å². The van der Waals surface area contributed by atoms with Gasteiger partial charge in [0, 0.05) is 12.7 Å². The minimum atomic E-state index is -0.365. The highest BCUT2D eigenvalue weighted by molar-refractivity contribution is 5.33. The Kier molecular flexibility index (Phi) is 3.34. The first kappa shape index (κ1) is 11.5. The maximum absolute atomic E-state index is 6.18. The molecule has 2 rings (SSSR count). The van der Waals surface area contributed by atoms with E-state index in [1.807, 2.05) is 11.6 Å².